The van der Waals surface area contributed by atoms with Crippen LogP contribution in [0.15, 0.2) is 194 Å². The molecule has 0 amide bonds. The average Bonchev–Trinajstić information content (AvgIpc) is 4.09. The summed E-state index contributed by atoms with van der Waals surface area (Å²) in [6, 6.07) is 75.3. The van der Waals surface area contributed by atoms with Crippen molar-refractivity contribution in [1.82, 2.24) is 0 Å². The number of hydrogen-bond donors (Lipinski definition) is 0. The van der Waals surface area contributed by atoms with Gasteiger partial charge in [0.25, 0.3) is 0 Å². The number of benzene rings is 12. The highest BCUT2D eigenvalue weighted by Crippen LogP contribution is 2.48. The van der Waals surface area contributed by atoms with Crippen LogP contribution in [0.3, 0.4) is 0 Å². The maximum absolute atomic E-state index is 3.00. The summed E-state index contributed by atoms with van der Waals surface area (Å²) in [7, 11) is -3.00. The van der Waals surface area contributed by atoms with Gasteiger partial charge in [0, 0.05) is 40.3 Å². The largest absolute Gasteiger partial charge is 0.182 e. The molecule has 2 aromatic heterocycles. The minimum atomic E-state index is -3.00. The summed E-state index contributed by atoms with van der Waals surface area (Å²) in [6.07, 6.45) is 0. The lowest BCUT2D eigenvalue weighted by molar-refractivity contribution is 1.74. The zero-order valence-electron chi connectivity index (χ0n) is 33.8. The molecule has 0 saturated heterocycles. The van der Waals surface area contributed by atoms with Crippen molar-refractivity contribution in [2.75, 3.05) is 0 Å². The first-order valence-electron chi connectivity index (χ1n) is 21.9. The zero-order chi connectivity index (χ0) is 40.7. The summed E-state index contributed by atoms with van der Waals surface area (Å²) in [5, 5.41) is 28.2. The fraction of sp³-hybridized carbons (Fsp3) is 0. The molecule has 4 heterocycles. The topological polar surface area (TPSA) is 0 Å². The molecule has 16 rings (SSSR count). The Morgan fingerprint density at radius 1 is 0.254 bits per heavy atom. The van der Waals surface area contributed by atoms with Crippen molar-refractivity contribution in [1.29, 1.82) is 0 Å². The van der Waals surface area contributed by atoms with Crippen molar-refractivity contribution in [3.8, 4) is 22.3 Å². The van der Waals surface area contributed by atoms with E-state index in [0.29, 0.717) is 0 Å². The van der Waals surface area contributed by atoms with Gasteiger partial charge in [-0.15, -0.1) is 22.7 Å². The lowest BCUT2D eigenvalue weighted by atomic mass is 9.92. The molecule has 63 heavy (non-hydrogen) atoms. The molecule has 0 nitrogen and oxygen atoms in total. The first kappa shape index (κ1) is 33.5. The predicted octanol–water partition coefficient (Wildman–Crippen LogP) is 14.7. The summed E-state index contributed by atoms with van der Waals surface area (Å²) in [6.45, 7) is 0. The van der Waals surface area contributed by atoms with Gasteiger partial charge in [0.05, 0.1) is 0 Å². The van der Waals surface area contributed by atoms with E-state index in [0.717, 1.165) is 0 Å². The molecule has 0 bridgehead atoms. The van der Waals surface area contributed by atoms with Crippen LogP contribution >= 0.6 is 22.7 Å². The van der Waals surface area contributed by atoms with E-state index in [1.807, 2.05) is 22.7 Å². The Balaban J connectivity index is 1.12. The summed E-state index contributed by atoms with van der Waals surface area (Å²) in [4.78, 5) is 0. The Kier molecular flexibility index (Phi) is 6.19. The van der Waals surface area contributed by atoms with E-state index >= 15 is 0 Å². The smallest absolute Gasteiger partial charge is 0.135 e. The van der Waals surface area contributed by atoms with Crippen LogP contribution in [0.1, 0.15) is 0 Å². The van der Waals surface area contributed by atoms with Crippen LogP contribution in [-0.2, 0) is 0 Å². The Labute approximate surface area is 370 Å². The van der Waals surface area contributed by atoms with Crippen molar-refractivity contribution in [3.05, 3.63) is 194 Å². The highest BCUT2D eigenvalue weighted by molar-refractivity contribution is 7.27. The summed E-state index contributed by atoms with van der Waals surface area (Å²) in [5.74, 6) is 0. The Bertz CT molecular complexity index is 4160. The van der Waals surface area contributed by atoms with Crippen molar-refractivity contribution >= 4 is 156 Å². The van der Waals surface area contributed by atoms with E-state index in [-0.39, 0.29) is 0 Å². The predicted molar refractivity (Wildman–Crippen MR) is 279 cm³/mol. The monoisotopic (exact) mass is 844 g/mol. The Morgan fingerprint density at radius 2 is 0.603 bits per heavy atom. The standard InChI is InChI=1S/C60H32S2Si/c1-3-15-39-37(13-1)43-21-11-27-51-55(43)57-47(39)29-33(35-19-9-23-45-41-17-5-7-25-49(41)61-59(35)45)31-53(57)63(51)52-28-12-22-44-38-14-2-4-16-40(38)48-30-34(32-54(63)58(48)56(44)52)36-20-10-24-46-42-18-6-8-26-50(42)62-60(36)46/h1-32H. The summed E-state index contributed by atoms with van der Waals surface area (Å²) >= 11 is 3.87. The molecule has 14 aromatic rings. The van der Waals surface area contributed by atoms with Crippen LogP contribution in [0, 0.1) is 0 Å². The van der Waals surface area contributed by atoms with E-state index in [1.165, 1.54) is 148 Å². The van der Waals surface area contributed by atoms with Gasteiger partial charge in [-0.05, 0) is 132 Å². The van der Waals surface area contributed by atoms with Gasteiger partial charge in [0.15, 0.2) is 8.07 Å². The van der Waals surface area contributed by atoms with Crippen LogP contribution in [0.5, 0.6) is 0 Å². The van der Waals surface area contributed by atoms with Crippen molar-refractivity contribution in [3.63, 3.8) is 0 Å². The van der Waals surface area contributed by atoms with Gasteiger partial charge in [-0.1, -0.05) is 170 Å². The zero-order valence-corrected chi connectivity index (χ0v) is 36.4. The molecule has 2 aliphatic heterocycles. The molecular formula is C60H32S2Si. The molecule has 0 aliphatic carbocycles. The average molecular weight is 845 g/mol. The Hall–Kier alpha value is -7.14. The van der Waals surface area contributed by atoms with Crippen LogP contribution in [0.4, 0.5) is 0 Å². The van der Waals surface area contributed by atoms with Crippen molar-refractivity contribution < 1.29 is 0 Å². The maximum atomic E-state index is 2.68. The Morgan fingerprint density at radius 3 is 1.06 bits per heavy atom. The van der Waals surface area contributed by atoms with Crippen LogP contribution in [0.2, 0.25) is 0 Å². The molecule has 0 radical (unpaired) electrons. The first-order chi connectivity index (χ1) is 31.3. The fourth-order valence-electron chi connectivity index (χ4n) is 12.6. The third kappa shape index (κ3) is 3.95. The highest BCUT2D eigenvalue weighted by Gasteiger charge is 2.53. The fourth-order valence-corrected chi connectivity index (χ4v) is 20.8. The summed E-state index contributed by atoms with van der Waals surface area (Å²) < 4.78 is 5.42. The number of hydrogen-bond acceptors (Lipinski definition) is 2. The maximum Gasteiger partial charge on any atom is 0.182 e. The molecule has 3 heteroatoms. The van der Waals surface area contributed by atoms with E-state index in [1.54, 1.807) is 0 Å². The molecule has 0 unspecified atom stereocenters. The second kappa shape index (κ2) is 11.7. The highest BCUT2D eigenvalue weighted by atomic mass is 32.1. The molecule has 12 aromatic carbocycles. The second-order valence-corrected chi connectivity index (χ2v) is 23.5. The van der Waals surface area contributed by atoms with Crippen LogP contribution < -0.4 is 20.7 Å². The van der Waals surface area contributed by atoms with Gasteiger partial charge in [0.2, 0.25) is 0 Å². The van der Waals surface area contributed by atoms with E-state index in [9.17, 15) is 0 Å². The van der Waals surface area contributed by atoms with Crippen molar-refractivity contribution in [2.45, 2.75) is 0 Å². The van der Waals surface area contributed by atoms with Gasteiger partial charge in [0.1, 0.15) is 0 Å². The van der Waals surface area contributed by atoms with Gasteiger partial charge >= 0.3 is 0 Å². The van der Waals surface area contributed by atoms with Crippen LogP contribution in [-0.4, -0.2) is 8.07 Å². The molecule has 0 atom stereocenters. The number of fused-ring (bicyclic) bond motifs is 16. The first-order valence-corrected chi connectivity index (χ1v) is 25.5. The quantitative estimate of drug-likeness (QED) is 0.120. The van der Waals surface area contributed by atoms with Gasteiger partial charge in [-0.3, -0.25) is 0 Å². The number of rotatable bonds is 2. The normalized spacial score (nSPS) is 13.8. The molecule has 2 aliphatic rings. The number of thiophene rings is 2. The minimum Gasteiger partial charge on any atom is -0.135 e. The minimum absolute atomic E-state index is 1.31. The van der Waals surface area contributed by atoms with E-state index in [4.69, 9.17) is 0 Å². The molecule has 1 spiro atoms. The molecular weight excluding hydrogens is 813 g/mol. The van der Waals surface area contributed by atoms with Gasteiger partial charge < -0.3 is 0 Å². The molecule has 0 fully saturated rings. The lowest BCUT2D eigenvalue weighted by Gasteiger charge is -2.29. The molecule has 288 valence electrons. The van der Waals surface area contributed by atoms with E-state index in [2.05, 4.69) is 194 Å². The van der Waals surface area contributed by atoms with Crippen LogP contribution in [0.25, 0.3) is 127 Å². The lowest BCUT2D eigenvalue weighted by Crippen LogP contribution is -2.71. The third-order valence-corrected chi connectivity index (χ3v) is 22.3. The van der Waals surface area contributed by atoms with E-state index < -0.39 is 8.07 Å². The summed E-state index contributed by atoms with van der Waals surface area (Å²) in [5.41, 5.74) is 5.28. The SMILES string of the molecule is c1ccc2c(c1)sc1c(-c3cc4c5c(c3)c3ccccc3c3cccc(c35)[Si]43c4cccc5c6ccccc6c6cc(-c7cccc8c7sc7ccccc78)cc3c6c45)cccc12. The van der Waals surface area contributed by atoms with Crippen molar-refractivity contribution in [2.24, 2.45) is 0 Å². The third-order valence-electron chi connectivity index (χ3n) is 15.0. The second-order valence-electron chi connectivity index (χ2n) is 17.8. The molecule has 0 saturated carbocycles. The molecule has 0 N–H and O–H groups in total. The van der Waals surface area contributed by atoms with Gasteiger partial charge in [-0.25, -0.2) is 0 Å². The van der Waals surface area contributed by atoms with Gasteiger partial charge in [-0.2, -0.15) is 0 Å².